The lowest BCUT2D eigenvalue weighted by Crippen LogP contribution is -2.73. The van der Waals surface area contributed by atoms with Crippen LogP contribution in [0.15, 0.2) is 12.2 Å². The molecule has 4 saturated carbocycles. The van der Waals surface area contributed by atoms with Gasteiger partial charge >= 0.3 is 5.97 Å². The van der Waals surface area contributed by atoms with Crippen molar-refractivity contribution in [1.29, 1.82) is 0 Å². The fourth-order valence-corrected chi connectivity index (χ4v) is 8.82. The van der Waals surface area contributed by atoms with E-state index in [0.717, 1.165) is 0 Å². The smallest absolute Gasteiger partial charge is 0.314 e. The van der Waals surface area contributed by atoms with Crippen molar-refractivity contribution in [3.8, 4) is 0 Å². The second kappa shape index (κ2) is 8.30. The first-order valence-corrected chi connectivity index (χ1v) is 12.9. The van der Waals surface area contributed by atoms with Gasteiger partial charge in [0.15, 0.2) is 5.78 Å². The standard InChI is InChI=1S/C26H38O10/c1-12-13-5-8-26(34)24(3)7-4-6-23(2,19(24)14(28)10-25(26,9-13)20(12)32)22(33)36-21-18(31)17(30)16(29)15(11-27)35-21/h13-19,21,27-31,34H,1,4-11H2,2-3H3/t13-,14-,15-,16-,17+,18-,19-,21+,23-,24-,25-,26-/m0/s1. The van der Waals surface area contributed by atoms with Crippen molar-refractivity contribution in [3.63, 3.8) is 0 Å². The van der Waals surface area contributed by atoms with Crippen LogP contribution in [0.1, 0.15) is 58.8 Å². The minimum absolute atomic E-state index is 0.00347. The highest BCUT2D eigenvalue weighted by Gasteiger charge is 2.77. The van der Waals surface area contributed by atoms with Crippen LogP contribution in [-0.2, 0) is 19.1 Å². The Balaban J connectivity index is 1.48. The van der Waals surface area contributed by atoms with Crippen molar-refractivity contribution in [1.82, 2.24) is 0 Å². The van der Waals surface area contributed by atoms with E-state index in [-0.39, 0.29) is 18.1 Å². The summed E-state index contributed by atoms with van der Waals surface area (Å²) in [5.41, 5.74) is -4.31. The molecular formula is C26H38O10. The predicted octanol–water partition coefficient (Wildman–Crippen LogP) is -0.437. The van der Waals surface area contributed by atoms with Gasteiger partial charge in [0, 0.05) is 11.3 Å². The third kappa shape index (κ3) is 3.09. The van der Waals surface area contributed by atoms with Crippen LogP contribution in [0.4, 0.5) is 0 Å². The van der Waals surface area contributed by atoms with Crippen LogP contribution in [0.25, 0.3) is 0 Å². The number of carbonyl (C=O) groups is 2. The Morgan fingerprint density at radius 3 is 2.44 bits per heavy atom. The van der Waals surface area contributed by atoms with E-state index in [1.807, 2.05) is 6.92 Å². The van der Waals surface area contributed by atoms with Crippen LogP contribution >= 0.6 is 0 Å². The highest BCUT2D eigenvalue weighted by molar-refractivity contribution is 6.04. The molecule has 36 heavy (non-hydrogen) atoms. The maximum atomic E-state index is 13.7. The Kier molecular flexibility index (Phi) is 6.04. The number of ether oxygens (including phenoxy) is 2. The molecule has 1 heterocycles. The summed E-state index contributed by atoms with van der Waals surface area (Å²) >= 11 is 0. The number of hydrogen-bond acceptors (Lipinski definition) is 10. The molecule has 202 valence electrons. The zero-order chi connectivity index (χ0) is 26.4. The number of allylic oxidation sites excluding steroid dienone is 1. The Morgan fingerprint density at radius 1 is 1.08 bits per heavy atom. The first kappa shape index (κ1) is 26.2. The number of esters is 1. The molecule has 0 amide bonds. The lowest BCUT2D eigenvalue weighted by atomic mass is 9.38. The molecule has 5 fully saturated rings. The van der Waals surface area contributed by atoms with E-state index in [1.54, 1.807) is 6.92 Å². The van der Waals surface area contributed by atoms with E-state index >= 15 is 0 Å². The van der Waals surface area contributed by atoms with Crippen LogP contribution in [-0.4, -0.2) is 91.4 Å². The molecule has 4 aliphatic carbocycles. The summed E-state index contributed by atoms with van der Waals surface area (Å²) in [6.45, 7) is 6.84. The van der Waals surface area contributed by atoms with Gasteiger partial charge in [0.2, 0.25) is 6.29 Å². The van der Waals surface area contributed by atoms with Gasteiger partial charge in [-0.2, -0.15) is 0 Å². The lowest BCUT2D eigenvalue weighted by Gasteiger charge is -2.68. The average Bonchev–Trinajstić information content (AvgIpc) is 3.03. The van der Waals surface area contributed by atoms with Crippen LogP contribution in [0.5, 0.6) is 0 Å². The summed E-state index contributed by atoms with van der Waals surface area (Å²) < 4.78 is 10.9. The van der Waals surface area contributed by atoms with Gasteiger partial charge in [0.05, 0.1) is 29.1 Å². The van der Waals surface area contributed by atoms with Crippen LogP contribution < -0.4 is 0 Å². The molecule has 0 aromatic rings. The van der Waals surface area contributed by atoms with Crippen molar-refractivity contribution in [2.75, 3.05) is 6.61 Å². The highest BCUT2D eigenvalue weighted by atomic mass is 16.7. The first-order chi connectivity index (χ1) is 16.8. The van der Waals surface area contributed by atoms with Crippen LogP contribution in [0.3, 0.4) is 0 Å². The molecule has 0 unspecified atom stereocenters. The summed E-state index contributed by atoms with van der Waals surface area (Å²) in [7, 11) is 0. The Hall–Kier alpha value is -1.40. The molecule has 6 N–H and O–H groups in total. The molecule has 2 bridgehead atoms. The van der Waals surface area contributed by atoms with Crippen molar-refractivity contribution in [2.45, 2.75) is 101 Å². The van der Waals surface area contributed by atoms with Crippen molar-refractivity contribution < 1.29 is 49.7 Å². The monoisotopic (exact) mass is 510 g/mol. The average molecular weight is 511 g/mol. The summed E-state index contributed by atoms with van der Waals surface area (Å²) in [5, 5.41) is 63.9. The summed E-state index contributed by atoms with van der Waals surface area (Å²) in [6, 6.07) is 0. The number of rotatable bonds is 3. The van der Waals surface area contributed by atoms with Gasteiger partial charge in [-0.05, 0) is 56.9 Å². The molecule has 1 spiro atoms. The Bertz CT molecular complexity index is 966. The number of Topliss-reactive ketones (excluding diaryl/α,β-unsaturated/α-hetero) is 1. The molecule has 5 rings (SSSR count). The van der Waals surface area contributed by atoms with Gasteiger partial charge in [-0.15, -0.1) is 0 Å². The Labute approximate surface area is 209 Å². The molecule has 0 aromatic carbocycles. The quantitative estimate of drug-likeness (QED) is 0.216. The maximum Gasteiger partial charge on any atom is 0.314 e. The minimum Gasteiger partial charge on any atom is -0.432 e. The third-order valence-corrected chi connectivity index (χ3v) is 10.7. The van der Waals surface area contributed by atoms with Gasteiger partial charge in [-0.3, -0.25) is 9.59 Å². The number of fused-ring (bicyclic) bond motifs is 3. The number of ketones is 1. The zero-order valence-electron chi connectivity index (χ0n) is 20.8. The van der Waals surface area contributed by atoms with Crippen molar-refractivity contribution >= 4 is 11.8 Å². The molecule has 12 atom stereocenters. The Morgan fingerprint density at radius 2 is 1.78 bits per heavy atom. The van der Waals surface area contributed by atoms with E-state index in [1.165, 1.54) is 0 Å². The van der Waals surface area contributed by atoms with E-state index < -0.39 is 77.1 Å². The molecule has 0 radical (unpaired) electrons. The molecule has 1 saturated heterocycles. The van der Waals surface area contributed by atoms with Gasteiger partial charge in [-0.25, -0.2) is 0 Å². The van der Waals surface area contributed by atoms with Crippen molar-refractivity contribution in [2.24, 2.45) is 28.1 Å². The van der Waals surface area contributed by atoms with Gasteiger partial charge < -0.3 is 40.1 Å². The number of carbonyl (C=O) groups excluding carboxylic acids is 2. The second-order valence-corrected chi connectivity index (χ2v) is 12.3. The fourth-order valence-electron chi connectivity index (χ4n) is 8.82. The molecule has 1 aliphatic heterocycles. The largest absolute Gasteiger partial charge is 0.432 e. The van der Waals surface area contributed by atoms with E-state index in [9.17, 15) is 40.2 Å². The van der Waals surface area contributed by atoms with E-state index in [0.29, 0.717) is 44.1 Å². The minimum atomic E-state index is -1.74. The highest BCUT2D eigenvalue weighted by Crippen LogP contribution is 2.72. The SMILES string of the molecule is C=C1C(=O)[C@@]23C[C@@H]1CC[C@]2(O)[C@@]1(C)CCC[C@](C)(C(=O)O[C@H]2O[C@@H](CO)[C@H](O)[C@@H](O)[C@@H]2O)[C@@H]1[C@@H](O)C3. The second-order valence-electron chi connectivity index (χ2n) is 12.3. The molecule has 10 heteroatoms. The molecule has 10 nitrogen and oxygen atoms in total. The third-order valence-electron chi connectivity index (χ3n) is 10.7. The zero-order valence-corrected chi connectivity index (χ0v) is 20.8. The number of hydrogen-bond donors (Lipinski definition) is 6. The van der Waals surface area contributed by atoms with Gasteiger partial charge in [-0.1, -0.05) is 19.9 Å². The number of aliphatic hydroxyl groups excluding tert-OH is 5. The summed E-state index contributed by atoms with van der Waals surface area (Å²) in [6.07, 6.45) is -6.11. The maximum absolute atomic E-state index is 13.7. The summed E-state index contributed by atoms with van der Waals surface area (Å²) in [4.78, 5) is 27.2. The molecule has 5 aliphatic rings. The lowest BCUT2D eigenvalue weighted by molar-refractivity contribution is -0.306. The number of aliphatic hydroxyl groups is 6. The van der Waals surface area contributed by atoms with Gasteiger partial charge in [0.25, 0.3) is 0 Å². The van der Waals surface area contributed by atoms with Gasteiger partial charge in [0.1, 0.15) is 24.4 Å². The van der Waals surface area contributed by atoms with Crippen molar-refractivity contribution in [3.05, 3.63) is 12.2 Å². The van der Waals surface area contributed by atoms with Crippen LogP contribution in [0.2, 0.25) is 0 Å². The van der Waals surface area contributed by atoms with E-state index in [4.69, 9.17) is 9.47 Å². The first-order valence-electron chi connectivity index (χ1n) is 12.9. The fraction of sp³-hybridized carbons (Fsp3) is 0.846. The van der Waals surface area contributed by atoms with Crippen LogP contribution in [0, 0.1) is 28.1 Å². The molecular weight excluding hydrogens is 472 g/mol. The topological polar surface area (TPSA) is 174 Å². The predicted molar refractivity (Wildman–Crippen MR) is 123 cm³/mol. The molecule has 0 aromatic heterocycles. The summed E-state index contributed by atoms with van der Waals surface area (Å²) in [5.74, 6) is -1.71. The van der Waals surface area contributed by atoms with E-state index in [2.05, 4.69) is 6.58 Å². The normalized spacial score (nSPS) is 54.6.